The first-order chi connectivity index (χ1) is 8.17. The average molecular weight is 254 g/mol. The van der Waals surface area contributed by atoms with Crippen LogP contribution in [0.3, 0.4) is 0 Å². The molecule has 96 valence electrons. The van der Waals surface area contributed by atoms with Crippen LogP contribution in [0.5, 0.6) is 0 Å². The topological polar surface area (TPSA) is 12.0 Å². The van der Waals surface area contributed by atoms with E-state index in [0.717, 1.165) is 11.4 Å². The highest BCUT2D eigenvalue weighted by Gasteiger charge is 2.05. The first-order valence-electron chi connectivity index (χ1n) is 6.59. The second-order valence-corrected chi connectivity index (χ2v) is 5.17. The van der Waals surface area contributed by atoms with Crippen molar-refractivity contribution in [1.29, 1.82) is 0 Å². The lowest BCUT2D eigenvalue weighted by atomic mass is 10.0. The summed E-state index contributed by atoms with van der Waals surface area (Å²) in [5.74, 6) is 0. The van der Waals surface area contributed by atoms with Gasteiger partial charge in [-0.05, 0) is 56.8 Å². The van der Waals surface area contributed by atoms with Crippen molar-refractivity contribution in [1.82, 2.24) is 5.32 Å². The van der Waals surface area contributed by atoms with Crippen LogP contribution in [0, 0.1) is 6.92 Å². The van der Waals surface area contributed by atoms with Gasteiger partial charge in [0, 0.05) is 11.1 Å². The lowest BCUT2D eigenvalue weighted by Gasteiger charge is -2.15. The minimum absolute atomic E-state index is 0.657. The van der Waals surface area contributed by atoms with Crippen LogP contribution < -0.4 is 5.32 Å². The Balaban J connectivity index is 2.39. The van der Waals surface area contributed by atoms with Crippen LogP contribution in [0.4, 0.5) is 0 Å². The largest absolute Gasteiger partial charge is 0.317 e. The fourth-order valence-corrected chi connectivity index (χ4v) is 2.51. The van der Waals surface area contributed by atoms with E-state index in [1.165, 1.54) is 36.8 Å². The summed E-state index contributed by atoms with van der Waals surface area (Å²) in [5.41, 5.74) is 2.52. The number of hydrogen-bond acceptors (Lipinski definition) is 1. The van der Waals surface area contributed by atoms with E-state index in [9.17, 15) is 0 Å². The van der Waals surface area contributed by atoms with E-state index in [0.29, 0.717) is 6.04 Å². The van der Waals surface area contributed by atoms with Crippen molar-refractivity contribution >= 4 is 11.6 Å². The highest BCUT2D eigenvalue weighted by molar-refractivity contribution is 6.31. The minimum atomic E-state index is 0.657. The molecule has 0 spiro atoms. The molecule has 1 unspecified atom stereocenters. The van der Waals surface area contributed by atoms with E-state index in [1.54, 1.807) is 0 Å². The summed E-state index contributed by atoms with van der Waals surface area (Å²) in [6, 6.07) is 7.01. The van der Waals surface area contributed by atoms with Crippen molar-refractivity contribution in [3.05, 3.63) is 34.3 Å². The van der Waals surface area contributed by atoms with E-state index < -0.39 is 0 Å². The zero-order valence-electron chi connectivity index (χ0n) is 11.2. The van der Waals surface area contributed by atoms with Crippen LogP contribution >= 0.6 is 11.6 Å². The zero-order chi connectivity index (χ0) is 12.7. The Labute approximate surface area is 111 Å². The Kier molecular flexibility index (Phi) is 6.61. The monoisotopic (exact) mass is 253 g/mol. The van der Waals surface area contributed by atoms with Crippen LogP contribution in [-0.2, 0) is 6.42 Å². The number of aryl methyl sites for hydroxylation is 2. The van der Waals surface area contributed by atoms with Gasteiger partial charge in [-0.15, -0.1) is 0 Å². The van der Waals surface area contributed by atoms with E-state index in [4.69, 9.17) is 11.6 Å². The molecule has 0 amide bonds. The lowest BCUT2D eigenvalue weighted by Crippen LogP contribution is -2.24. The third-order valence-corrected chi connectivity index (χ3v) is 3.60. The Bertz CT molecular complexity index is 336. The van der Waals surface area contributed by atoms with Crippen molar-refractivity contribution in [2.45, 2.75) is 52.0 Å². The fraction of sp³-hybridized carbons (Fsp3) is 0.600. The highest BCUT2D eigenvalue weighted by Crippen LogP contribution is 2.20. The molecule has 0 aliphatic heterocycles. The standard InChI is InChI=1S/C15H24ClN/c1-4-6-14(17-3)8-5-7-13-10-9-12(2)11-15(13)16/h9-11,14,17H,4-8H2,1-3H3. The van der Waals surface area contributed by atoms with Gasteiger partial charge in [0.25, 0.3) is 0 Å². The zero-order valence-corrected chi connectivity index (χ0v) is 12.0. The van der Waals surface area contributed by atoms with E-state index in [-0.39, 0.29) is 0 Å². The number of benzene rings is 1. The number of hydrogen-bond donors (Lipinski definition) is 1. The van der Waals surface area contributed by atoms with Crippen molar-refractivity contribution < 1.29 is 0 Å². The van der Waals surface area contributed by atoms with E-state index in [2.05, 4.69) is 44.4 Å². The number of halogens is 1. The molecule has 0 saturated carbocycles. The fourth-order valence-electron chi connectivity index (χ4n) is 2.18. The van der Waals surface area contributed by atoms with Crippen molar-refractivity contribution in [3.63, 3.8) is 0 Å². The molecular formula is C15H24ClN. The maximum absolute atomic E-state index is 6.22. The molecule has 0 aliphatic rings. The summed E-state index contributed by atoms with van der Waals surface area (Å²) in [6.07, 6.45) is 6.03. The first kappa shape index (κ1) is 14.5. The molecule has 0 bridgehead atoms. The van der Waals surface area contributed by atoms with Gasteiger partial charge >= 0.3 is 0 Å². The Morgan fingerprint density at radius 3 is 2.65 bits per heavy atom. The average Bonchev–Trinajstić information content (AvgIpc) is 2.30. The van der Waals surface area contributed by atoms with Crippen molar-refractivity contribution in [3.8, 4) is 0 Å². The highest BCUT2D eigenvalue weighted by atomic mass is 35.5. The second-order valence-electron chi connectivity index (χ2n) is 4.76. The molecule has 1 atom stereocenters. The van der Waals surface area contributed by atoms with Gasteiger partial charge < -0.3 is 5.32 Å². The molecule has 0 radical (unpaired) electrons. The van der Waals surface area contributed by atoms with Crippen molar-refractivity contribution in [2.75, 3.05) is 7.05 Å². The molecule has 1 rings (SSSR count). The molecule has 1 aromatic rings. The molecule has 0 saturated heterocycles. The van der Waals surface area contributed by atoms with Gasteiger partial charge in [-0.25, -0.2) is 0 Å². The number of nitrogens with one attached hydrogen (secondary N) is 1. The van der Waals surface area contributed by atoms with Gasteiger partial charge in [-0.1, -0.05) is 37.1 Å². The Morgan fingerprint density at radius 2 is 2.06 bits per heavy atom. The molecule has 1 aromatic carbocycles. The third-order valence-electron chi connectivity index (χ3n) is 3.25. The van der Waals surface area contributed by atoms with Gasteiger partial charge in [0.05, 0.1) is 0 Å². The van der Waals surface area contributed by atoms with Gasteiger partial charge in [-0.3, -0.25) is 0 Å². The molecule has 0 heterocycles. The summed E-state index contributed by atoms with van der Waals surface area (Å²) in [4.78, 5) is 0. The molecule has 0 fully saturated rings. The summed E-state index contributed by atoms with van der Waals surface area (Å²) in [6.45, 7) is 4.31. The first-order valence-corrected chi connectivity index (χ1v) is 6.97. The molecule has 0 aromatic heterocycles. The smallest absolute Gasteiger partial charge is 0.0440 e. The van der Waals surface area contributed by atoms with E-state index >= 15 is 0 Å². The van der Waals surface area contributed by atoms with Gasteiger partial charge in [0.1, 0.15) is 0 Å². The second kappa shape index (κ2) is 7.73. The maximum atomic E-state index is 6.22. The van der Waals surface area contributed by atoms with Crippen molar-refractivity contribution in [2.24, 2.45) is 0 Å². The summed E-state index contributed by atoms with van der Waals surface area (Å²) >= 11 is 6.22. The maximum Gasteiger partial charge on any atom is 0.0440 e. The normalized spacial score (nSPS) is 12.7. The van der Waals surface area contributed by atoms with Crippen LogP contribution in [0.2, 0.25) is 5.02 Å². The van der Waals surface area contributed by atoms with Gasteiger partial charge in [0.15, 0.2) is 0 Å². The van der Waals surface area contributed by atoms with Crippen LogP contribution in [0.15, 0.2) is 18.2 Å². The summed E-state index contributed by atoms with van der Waals surface area (Å²) < 4.78 is 0. The van der Waals surface area contributed by atoms with Gasteiger partial charge in [0.2, 0.25) is 0 Å². The predicted molar refractivity (Wildman–Crippen MR) is 76.9 cm³/mol. The minimum Gasteiger partial charge on any atom is -0.317 e. The summed E-state index contributed by atoms with van der Waals surface area (Å²) in [5, 5.41) is 4.30. The molecule has 0 aliphatic carbocycles. The summed E-state index contributed by atoms with van der Waals surface area (Å²) in [7, 11) is 2.05. The predicted octanol–water partition coefficient (Wildman–Crippen LogP) is 4.36. The number of rotatable bonds is 7. The van der Waals surface area contributed by atoms with Crippen LogP contribution in [0.25, 0.3) is 0 Å². The van der Waals surface area contributed by atoms with Crippen LogP contribution in [0.1, 0.15) is 43.7 Å². The molecule has 1 N–H and O–H groups in total. The SMILES string of the molecule is CCCC(CCCc1ccc(C)cc1Cl)NC. The molecule has 17 heavy (non-hydrogen) atoms. The molecular weight excluding hydrogens is 230 g/mol. The Morgan fingerprint density at radius 1 is 1.29 bits per heavy atom. The third kappa shape index (κ3) is 5.10. The van der Waals surface area contributed by atoms with E-state index in [1.807, 2.05) is 0 Å². The van der Waals surface area contributed by atoms with Gasteiger partial charge in [-0.2, -0.15) is 0 Å². The Hall–Kier alpha value is -0.530. The molecule has 1 nitrogen and oxygen atoms in total. The quantitative estimate of drug-likeness (QED) is 0.761. The lowest BCUT2D eigenvalue weighted by molar-refractivity contribution is 0.470. The van der Waals surface area contributed by atoms with Crippen LogP contribution in [-0.4, -0.2) is 13.1 Å². The molecule has 2 heteroatoms.